The number of likely N-dealkylation sites (tertiary alicyclic amines) is 1. The Kier molecular flexibility index (Phi) is 5.64. The lowest BCUT2D eigenvalue weighted by Crippen LogP contribution is -2.26. The molecule has 2 heterocycles. The second-order valence-electron chi connectivity index (χ2n) is 8.70. The zero-order chi connectivity index (χ0) is 23.9. The van der Waals surface area contributed by atoms with E-state index in [0.717, 1.165) is 59.3 Å². The van der Waals surface area contributed by atoms with Crippen molar-refractivity contribution < 1.29 is 17.6 Å². The minimum absolute atomic E-state index is 0.179. The van der Waals surface area contributed by atoms with Gasteiger partial charge in [-0.15, -0.1) is 0 Å². The van der Waals surface area contributed by atoms with E-state index in [2.05, 4.69) is 11.0 Å². The second kappa shape index (κ2) is 8.64. The number of furan rings is 1. The van der Waals surface area contributed by atoms with Crippen LogP contribution in [0.15, 0.2) is 71.3 Å². The Morgan fingerprint density at radius 2 is 1.65 bits per heavy atom. The molecule has 0 aliphatic carbocycles. The summed E-state index contributed by atoms with van der Waals surface area (Å²) in [6.07, 6.45) is -1.69. The minimum atomic E-state index is -4.40. The van der Waals surface area contributed by atoms with E-state index < -0.39 is 11.7 Å². The third kappa shape index (κ3) is 4.30. The van der Waals surface area contributed by atoms with E-state index in [0.29, 0.717) is 23.3 Å². The van der Waals surface area contributed by atoms with E-state index in [9.17, 15) is 13.2 Å². The molecule has 3 aromatic carbocycles. The topological polar surface area (TPSA) is 66.2 Å². The number of fused-ring (bicyclic) bond motifs is 1. The van der Waals surface area contributed by atoms with Crippen molar-refractivity contribution in [2.24, 2.45) is 5.73 Å². The number of rotatable bonds is 4. The van der Waals surface area contributed by atoms with E-state index in [-0.39, 0.29) is 6.04 Å². The van der Waals surface area contributed by atoms with Gasteiger partial charge in [-0.05, 0) is 65.1 Å². The number of benzene rings is 3. The smallest absolute Gasteiger partial charge is 0.416 e. The van der Waals surface area contributed by atoms with Gasteiger partial charge in [-0.3, -0.25) is 4.90 Å². The molecule has 4 nitrogen and oxygen atoms in total. The molecule has 34 heavy (non-hydrogen) atoms. The van der Waals surface area contributed by atoms with Crippen LogP contribution in [0.1, 0.15) is 23.1 Å². The molecule has 0 spiro atoms. The second-order valence-corrected chi connectivity index (χ2v) is 8.70. The summed E-state index contributed by atoms with van der Waals surface area (Å²) in [4.78, 5) is 2.29. The van der Waals surface area contributed by atoms with Crippen LogP contribution in [0, 0.1) is 11.3 Å². The van der Waals surface area contributed by atoms with Crippen LogP contribution in [0.5, 0.6) is 0 Å². The third-order valence-electron chi connectivity index (χ3n) is 6.34. The Balaban J connectivity index is 1.62. The first-order chi connectivity index (χ1) is 16.3. The van der Waals surface area contributed by atoms with Gasteiger partial charge < -0.3 is 10.2 Å². The van der Waals surface area contributed by atoms with Gasteiger partial charge in [0.05, 0.1) is 23.5 Å². The number of nitrogens with two attached hydrogens (primary N) is 1. The van der Waals surface area contributed by atoms with Crippen molar-refractivity contribution in [2.75, 3.05) is 13.1 Å². The third-order valence-corrected chi connectivity index (χ3v) is 6.34. The largest absolute Gasteiger partial charge is 0.464 e. The molecule has 0 saturated carbocycles. The van der Waals surface area contributed by atoms with Crippen LogP contribution >= 0.6 is 0 Å². The summed E-state index contributed by atoms with van der Waals surface area (Å²) in [6.45, 7) is 2.48. The summed E-state index contributed by atoms with van der Waals surface area (Å²) in [5.74, 6) is 0. The van der Waals surface area contributed by atoms with Crippen molar-refractivity contribution in [3.05, 3.63) is 83.6 Å². The average Bonchev–Trinajstić information content (AvgIpc) is 3.43. The standard InChI is InChI=1S/C27H22F3N3O/c28-27(29,30)21-7-5-19(6-8-21)24-12-26-25(11-23(24)18-3-1-17(13-31)2-4-18)20(16-34-26)14-33-10-9-22(32)15-33/h1-8,11-12,16,22H,9-10,14-15,32H2. The highest BCUT2D eigenvalue weighted by Crippen LogP contribution is 2.39. The predicted octanol–water partition coefficient (Wildman–Crippen LogP) is 6.19. The molecule has 5 rings (SSSR count). The summed E-state index contributed by atoms with van der Waals surface area (Å²) < 4.78 is 45.1. The van der Waals surface area contributed by atoms with Crippen LogP contribution in [-0.2, 0) is 12.7 Å². The molecule has 0 amide bonds. The molecular formula is C27H22F3N3O. The molecule has 1 aromatic heterocycles. The quantitative estimate of drug-likeness (QED) is 0.394. The van der Waals surface area contributed by atoms with Crippen molar-refractivity contribution in [1.29, 1.82) is 5.26 Å². The molecule has 7 heteroatoms. The average molecular weight is 461 g/mol. The molecule has 172 valence electrons. The van der Waals surface area contributed by atoms with E-state index in [4.69, 9.17) is 15.4 Å². The fourth-order valence-corrected chi connectivity index (χ4v) is 4.54. The van der Waals surface area contributed by atoms with Crippen molar-refractivity contribution in [1.82, 2.24) is 4.90 Å². The van der Waals surface area contributed by atoms with E-state index >= 15 is 0 Å². The number of hydrogen-bond donors (Lipinski definition) is 1. The fraction of sp³-hybridized carbons (Fsp3) is 0.222. The van der Waals surface area contributed by atoms with Crippen molar-refractivity contribution >= 4 is 11.0 Å². The van der Waals surface area contributed by atoms with Crippen LogP contribution in [0.2, 0.25) is 0 Å². The van der Waals surface area contributed by atoms with Gasteiger partial charge in [0, 0.05) is 36.6 Å². The number of hydrogen-bond acceptors (Lipinski definition) is 4. The van der Waals surface area contributed by atoms with E-state index in [1.165, 1.54) is 12.1 Å². The summed E-state index contributed by atoms with van der Waals surface area (Å²) in [5, 5.41) is 10.1. The van der Waals surface area contributed by atoms with Gasteiger partial charge in [-0.2, -0.15) is 18.4 Å². The molecule has 2 N–H and O–H groups in total. The molecule has 1 saturated heterocycles. The number of alkyl halides is 3. The number of nitriles is 1. The van der Waals surface area contributed by atoms with Crippen LogP contribution in [0.3, 0.4) is 0 Å². The zero-order valence-corrected chi connectivity index (χ0v) is 18.3. The first-order valence-electron chi connectivity index (χ1n) is 11.0. The molecular weight excluding hydrogens is 439 g/mol. The molecule has 0 bridgehead atoms. The summed E-state index contributed by atoms with van der Waals surface area (Å²) in [6, 6.07) is 18.5. The predicted molar refractivity (Wildman–Crippen MR) is 125 cm³/mol. The fourth-order valence-electron chi connectivity index (χ4n) is 4.54. The number of nitrogens with zero attached hydrogens (tertiary/aromatic N) is 2. The van der Waals surface area contributed by atoms with Gasteiger partial charge in [0.2, 0.25) is 0 Å². The van der Waals surface area contributed by atoms with Gasteiger partial charge in [0.1, 0.15) is 5.58 Å². The maximum atomic E-state index is 13.1. The molecule has 1 fully saturated rings. The maximum absolute atomic E-state index is 13.1. The summed E-state index contributed by atoms with van der Waals surface area (Å²) >= 11 is 0. The van der Waals surface area contributed by atoms with Crippen molar-refractivity contribution in [2.45, 2.75) is 25.2 Å². The first kappa shape index (κ1) is 22.2. The van der Waals surface area contributed by atoms with Gasteiger partial charge in [-0.25, -0.2) is 0 Å². The van der Waals surface area contributed by atoms with Crippen molar-refractivity contribution in [3.63, 3.8) is 0 Å². The lowest BCUT2D eigenvalue weighted by molar-refractivity contribution is -0.137. The highest BCUT2D eigenvalue weighted by molar-refractivity contribution is 5.95. The van der Waals surface area contributed by atoms with Gasteiger partial charge in [-0.1, -0.05) is 24.3 Å². The number of halogens is 3. The van der Waals surface area contributed by atoms with Crippen molar-refractivity contribution in [3.8, 4) is 28.3 Å². The molecule has 1 aliphatic heterocycles. The van der Waals surface area contributed by atoms with Gasteiger partial charge in [0.15, 0.2) is 0 Å². The molecule has 0 radical (unpaired) electrons. The van der Waals surface area contributed by atoms with Gasteiger partial charge >= 0.3 is 6.18 Å². The normalized spacial score (nSPS) is 16.7. The minimum Gasteiger partial charge on any atom is -0.464 e. The molecule has 1 aliphatic rings. The monoisotopic (exact) mass is 461 g/mol. The van der Waals surface area contributed by atoms with Crippen LogP contribution in [-0.4, -0.2) is 24.0 Å². The maximum Gasteiger partial charge on any atom is 0.416 e. The first-order valence-corrected chi connectivity index (χ1v) is 11.0. The molecule has 1 unspecified atom stereocenters. The lowest BCUT2D eigenvalue weighted by atomic mass is 9.91. The Labute approximate surface area is 195 Å². The summed E-state index contributed by atoms with van der Waals surface area (Å²) in [7, 11) is 0. The Morgan fingerprint density at radius 3 is 2.24 bits per heavy atom. The Bertz CT molecular complexity index is 1370. The molecule has 1 atom stereocenters. The highest BCUT2D eigenvalue weighted by atomic mass is 19.4. The SMILES string of the molecule is N#Cc1ccc(-c2cc3c(CN4CCC(N)C4)coc3cc2-c2ccc(C(F)(F)F)cc2)cc1. The Morgan fingerprint density at radius 1 is 1.00 bits per heavy atom. The van der Waals surface area contributed by atoms with Crippen LogP contribution in [0.4, 0.5) is 13.2 Å². The summed E-state index contributed by atoms with van der Waals surface area (Å²) in [5.41, 5.74) is 10.7. The van der Waals surface area contributed by atoms with Crippen LogP contribution < -0.4 is 5.73 Å². The van der Waals surface area contributed by atoms with Gasteiger partial charge in [0.25, 0.3) is 0 Å². The van der Waals surface area contributed by atoms with E-state index in [1.54, 1.807) is 18.4 Å². The zero-order valence-electron chi connectivity index (χ0n) is 18.3. The van der Waals surface area contributed by atoms with Crippen LogP contribution in [0.25, 0.3) is 33.2 Å². The Hall–Kier alpha value is -3.60. The lowest BCUT2D eigenvalue weighted by Gasteiger charge is -2.15. The molecule has 4 aromatic rings. The highest BCUT2D eigenvalue weighted by Gasteiger charge is 2.30. The van der Waals surface area contributed by atoms with E-state index in [1.807, 2.05) is 24.3 Å².